The standard InChI is InChI=1S/C20H21NO4/c1-15(22)21-17-7-9-18(10-8-17)25-19(23)20(11-13-24-14-12-20)16-5-3-2-4-6-16/h2-10H,11-14H2,1H3,(H,21,22). The van der Waals surface area contributed by atoms with Crippen molar-refractivity contribution >= 4 is 17.6 Å². The Morgan fingerprint density at radius 3 is 2.24 bits per heavy atom. The predicted octanol–water partition coefficient (Wildman–Crippen LogP) is 3.30. The van der Waals surface area contributed by atoms with Crippen LogP contribution in [0.4, 0.5) is 5.69 Å². The summed E-state index contributed by atoms with van der Waals surface area (Å²) in [4.78, 5) is 24.1. The number of hydrogen-bond donors (Lipinski definition) is 1. The summed E-state index contributed by atoms with van der Waals surface area (Å²) in [6, 6.07) is 16.5. The SMILES string of the molecule is CC(=O)Nc1ccc(OC(=O)C2(c3ccccc3)CCOCC2)cc1. The minimum absolute atomic E-state index is 0.144. The highest BCUT2D eigenvalue weighted by atomic mass is 16.5. The van der Waals surface area contributed by atoms with Crippen LogP contribution in [0.15, 0.2) is 54.6 Å². The molecule has 0 aliphatic carbocycles. The smallest absolute Gasteiger partial charge is 0.322 e. The normalized spacial score (nSPS) is 16.0. The lowest BCUT2D eigenvalue weighted by Gasteiger charge is -2.35. The molecule has 0 radical (unpaired) electrons. The molecule has 0 saturated carbocycles. The molecule has 2 aromatic carbocycles. The van der Waals surface area contributed by atoms with Gasteiger partial charge in [0, 0.05) is 25.8 Å². The van der Waals surface area contributed by atoms with E-state index in [0.29, 0.717) is 37.5 Å². The van der Waals surface area contributed by atoms with Gasteiger partial charge in [0.2, 0.25) is 5.91 Å². The summed E-state index contributed by atoms with van der Waals surface area (Å²) in [6.45, 7) is 2.51. The average molecular weight is 339 g/mol. The van der Waals surface area contributed by atoms with Gasteiger partial charge in [-0.1, -0.05) is 30.3 Å². The van der Waals surface area contributed by atoms with Crippen molar-refractivity contribution < 1.29 is 19.1 Å². The number of carbonyl (C=O) groups excluding carboxylic acids is 2. The minimum Gasteiger partial charge on any atom is -0.426 e. The van der Waals surface area contributed by atoms with Crippen LogP contribution in [0.2, 0.25) is 0 Å². The lowest BCUT2D eigenvalue weighted by molar-refractivity contribution is -0.145. The van der Waals surface area contributed by atoms with Crippen LogP contribution < -0.4 is 10.1 Å². The van der Waals surface area contributed by atoms with Crippen LogP contribution in [-0.4, -0.2) is 25.1 Å². The first kappa shape index (κ1) is 17.2. The molecule has 1 aliphatic heterocycles. The summed E-state index contributed by atoms with van der Waals surface area (Å²) in [5, 5.41) is 2.69. The number of hydrogen-bond acceptors (Lipinski definition) is 4. The maximum absolute atomic E-state index is 13.0. The summed E-state index contributed by atoms with van der Waals surface area (Å²) in [6.07, 6.45) is 1.19. The maximum atomic E-state index is 13.0. The minimum atomic E-state index is -0.685. The molecule has 0 spiro atoms. The van der Waals surface area contributed by atoms with E-state index in [9.17, 15) is 9.59 Å². The first-order valence-corrected chi connectivity index (χ1v) is 8.33. The molecular formula is C20H21NO4. The van der Waals surface area contributed by atoms with Crippen molar-refractivity contribution in [3.05, 3.63) is 60.2 Å². The number of nitrogens with one attached hydrogen (secondary N) is 1. The van der Waals surface area contributed by atoms with E-state index in [0.717, 1.165) is 5.56 Å². The molecule has 5 heteroatoms. The van der Waals surface area contributed by atoms with Gasteiger partial charge in [-0.25, -0.2) is 0 Å². The van der Waals surface area contributed by atoms with Crippen LogP contribution in [0.5, 0.6) is 5.75 Å². The number of anilines is 1. The van der Waals surface area contributed by atoms with Crippen molar-refractivity contribution in [1.82, 2.24) is 0 Å². The highest BCUT2D eigenvalue weighted by Crippen LogP contribution is 2.36. The molecule has 1 fully saturated rings. The number of amides is 1. The molecule has 1 heterocycles. The van der Waals surface area contributed by atoms with E-state index >= 15 is 0 Å². The Kier molecular flexibility index (Phi) is 5.14. The highest BCUT2D eigenvalue weighted by Gasteiger charge is 2.43. The van der Waals surface area contributed by atoms with Gasteiger partial charge in [0.05, 0.1) is 5.41 Å². The summed E-state index contributed by atoms with van der Waals surface area (Å²) in [7, 11) is 0. The first-order valence-electron chi connectivity index (χ1n) is 8.33. The van der Waals surface area contributed by atoms with Gasteiger partial charge in [-0.3, -0.25) is 9.59 Å². The average Bonchev–Trinajstić information content (AvgIpc) is 2.64. The van der Waals surface area contributed by atoms with Crippen LogP contribution in [-0.2, 0) is 19.7 Å². The maximum Gasteiger partial charge on any atom is 0.322 e. The van der Waals surface area contributed by atoms with Crippen molar-refractivity contribution in [3.63, 3.8) is 0 Å². The van der Waals surface area contributed by atoms with Gasteiger partial charge in [0.1, 0.15) is 5.75 Å². The van der Waals surface area contributed by atoms with Gasteiger partial charge in [-0.2, -0.15) is 0 Å². The van der Waals surface area contributed by atoms with Gasteiger partial charge in [-0.05, 0) is 42.7 Å². The van der Waals surface area contributed by atoms with E-state index < -0.39 is 5.41 Å². The lowest BCUT2D eigenvalue weighted by Crippen LogP contribution is -2.44. The van der Waals surface area contributed by atoms with Crippen molar-refractivity contribution in [2.45, 2.75) is 25.2 Å². The van der Waals surface area contributed by atoms with Crippen LogP contribution in [0.1, 0.15) is 25.3 Å². The molecule has 1 amide bonds. The van der Waals surface area contributed by atoms with Crippen LogP contribution >= 0.6 is 0 Å². The zero-order valence-corrected chi connectivity index (χ0v) is 14.2. The third-order valence-electron chi connectivity index (χ3n) is 4.45. The number of carbonyl (C=O) groups is 2. The third kappa shape index (κ3) is 3.88. The second kappa shape index (κ2) is 7.49. The topological polar surface area (TPSA) is 64.6 Å². The van der Waals surface area contributed by atoms with Crippen molar-refractivity contribution in [2.24, 2.45) is 0 Å². The molecule has 130 valence electrons. The Morgan fingerprint density at radius 2 is 1.64 bits per heavy atom. The zero-order chi connectivity index (χ0) is 17.7. The summed E-state index contributed by atoms with van der Waals surface area (Å²) in [5.41, 5.74) is 0.935. The van der Waals surface area contributed by atoms with Crippen molar-refractivity contribution in [2.75, 3.05) is 18.5 Å². The Labute approximate surface area is 147 Å². The Hall–Kier alpha value is -2.66. The molecule has 0 aromatic heterocycles. The van der Waals surface area contributed by atoms with E-state index in [1.54, 1.807) is 24.3 Å². The van der Waals surface area contributed by atoms with E-state index in [4.69, 9.17) is 9.47 Å². The summed E-state index contributed by atoms with van der Waals surface area (Å²) >= 11 is 0. The van der Waals surface area contributed by atoms with E-state index in [-0.39, 0.29) is 11.9 Å². The Bertz CT molecular complexity index is 734. The van der Waals surface area contributed by atoms with Crippen molar-refractivity contribution in [3.8, 4) is 5.75 Å². The molecular weight excluding hydrogens is 318 g/mol. The summed E-state index contributed by atoms with van der Waals surface area (Å²) < 4.78 is 11.1. The van der Waals surface area contributed by atoms with Crippen molar-refractivity contribution in [1.29, 1.82) is 0 Å². The molecule has 1 aliphatic rings. The van der Waals surface area contributed by atoms with Gasteiger partial charge in [0.15, 0.2) is 0 Å². The Morgan fingerprint density at radius 1 is 1.00 bits per heavy atom. The van der Waals surface area contributed by atoms with Crippen LogP contribution in [0.25, 0.3) is 0 Å². The number of esters is 1. The first-order chi connectivity index (χ1) is 12.1. The number of ether oxygens (including phenoxy) is 2. The fourth-order valence-electron chi connectivity index (χ4n) is 3.10. The molecule has 2 aromatic rings. The van der Waals surface area contributed by atoms with Crippen LogP contribution in [0.3, 0.4) is 0 Å². The third-order valence-corrected chi connectivity index (χ3v) is 4.45. The fourth-order valence-corrected chi connectivity index (χ4v) is 3.10. The lowest BCUT2D eigenvalue weighted by atomic mass is 9.74. The number of benzene rings is 2. The fraction of sp³-hybridized carbons (Fsp3) is 0.300. The van der Waals surface area contributed by atoms with Gasteiger partial charge < -0.3 is 14.8 Å². The second-order valence-electron chi connectivity index (χ2n) is 6.16. The largest absolute Gasteiger partial charge is 0.426 e. The highest BCUT2D eigenvalue weighted by molar-refractivity contribution is 5.89. The predicted molar refractivity (Wildman–Crippen MR) is 94.6 cm³/mol. The molecule has 1 saturated heterocycles. The second-order valence-corrected chi connectivity index (χ2v) is 6.16. The molecule has 25 heavy (non-hydrogen) atoms. The number of rotatable bonds is 4. The molecule has 5 nitrogen and oxygen atoms in total. The zero-order valence-electron chi connectivity index (χ0n) is 14.2. The van der Waals surface area contributed by atoms with Crippen LogP contribution in [0, 0.1) is 0 Å². The summed E-state index contributed by atoms with van der Waals surface area (Å²) in [5.74, 6) is 0.0464. The van der Waals surface area contributed by atoms with Gasteiger partial charge in [0.25, 0.3) is 0 Å². The molecule has 0 atom stereocenters. The van der Waals surface area contributed by atoms with Gasteiger partial charge >= 0.3 is 5.97 Å². The van der Waals surface area contributed by atoms with E-state index in [1.165, 1.54) is 6.92 Å². The van der Waals surface area contributed by atoms with E-state index in [2.05, 4.69) is 5.32 Å². The van der Waals surface area contributed by atoms with E-state index in [1.807, 2.05) is 30.3 Å². The monoisotopic (exact) mass is 339 g/mol. The Balaban J connectivity index is 1.80. The molecule has 0 bridgehead atoms. The molecule has 0 unspecified atom stereocenters. The quantitative estimate of drug-likeness (QED) is 0.686. The molecule has 1 N–H and O–H groups in total. The van der Waals surface area contributed by atoms with Gasteiger partial charge in [-0.15, -0.1) is 0 Å². The molecule has 3 rings (SSSR count).